The van der Waals surface area contributed by atoms with Crippen molar-refractivity contribution in [2.24, 2.45) is 0 Å². The summed E-state index contributed by atoms with van der Waals surface area (Å²) >= 11 is 5.48. The summed E-state index contributed by atoms with van der Waals surface area (Å²) in [6.07, 6.45) is 0. The Morgan fingerprint density at radius 1 is 1.12 bits per heavy atom. The van der Waals surface area contributed by atoms with E-state index < -0.39 is 0 Å². The summed E-state index contributed by atoms with van der Waals surface area (Å²) in [6, 6.07) is 14.7. The van der Waals surface area contributed by atoms with Crippen LogP contribution in [0.4, 0.5) is 5.69 Å². The number of nitrogens with one attached hydrogen (secondary N) is 3. The third-order valence-electron chi connectivity index (χ3n) is 4.53. The monoisotopic (exact) mass is 358 g/mol. The van der Waals surface area contributed by atoms with Crippen molar-refractivity contribution in [1.29, 1.82) is 0 Å². The molecule has 0 saturated heterocycles. The van der Waals surface area contributed by atoms with Crippen molar-refractivity contribution in [1.82, 2.24) is 5.32 Å². The highest BCUT2D eigenvalue weighted by molar-refractivity contribution is 7.80. The molecule has 0 radical (unpaired) electrons. The first-order valence-electron chi connectivity index (χ1n) is 8.47. The molecule has 4 nitrogen and oxygen atoms in total. The summed E-state index contributed by atoms with van der Waals surface area (Å²) < 4.78 is 5.24. The molecule has 2 aromatic carbocycles. The summed E-state index contributed by atoms with van der Waals surface area (Å²) in [5, 5.41) is 7.31. The Kier molecular flexibility index (Phi) is 6.79. The molecule has 0 aliphatic rings. The van der Waals surface area contributed by atoms with Crippen molar-refractivity contribution >= 4 is 23.0 Å². The van der Waals surface area contributed by atoms with Crippen LogP contribution in [-0.4, -0.2) is 32.9 Å². The molecule has 0 aromatic heterocycles. The molecule has 0 spiro atoms. The van der Waals surface area contributed by atoms with E-state index in [0.717, 1.165) is 18.0 Å². The average molecular weight is 359 g/mol. The molecule has 0 fully saturated rings. The number of hydrogen-bond acceptors (Lipinski definition) is 2. The third kappa shape index (κ3) is 5.18. The molecule has 5 heteroatoms. The SMILES string of the molecule is COc1ccc([C@@H](CNC(=S)Nc2cccc(C)c2C)[NH+](C)C)cc1. The van der Waals surface area contributed by atoms with Crippen LogP contribution in [0.3, 0.4) is 0 Å². The first kappa shape index (κ1) is 19.2. The van der Waals surface area contributed by atoms with Crippen LogP contribution in [0.15, 0.2) is 42.5 Å². The van der Waals surface area contributed by atoms with Crippen molar-refractivity contribution in [2.45, 2.75) is 19.9 Å². The Hall–Kier alpha value is -2.11. The number of thiocarbonyl (C=S) groups is 1. The first-order valence-corrected chi connectivity index (χ1v) is 8.88. The molecule has 0 amide bonds. The minimum absolute atomic E-state index is 0.296. The van der Waals surface area contributed by atoms with E-state index in [1.54, 1.807) is 7.11 Å². The van der Waals surface area contributed by atoms with E-state index >= 15 is 0 Å². The van der Waals surface area contributed by atoms with E-state index in [1.165, 1.54) is 21.6 Å². The van der Waals surface area contributed by atoms with E-state index in [2.05, 4.69) is 62.8 Å². The van der Waals surface area contributed by atoms with Crippen LogP contribution >= 0.6 is 12.2 Å². The van der Waals surface area contributed by atoms with Crippen LogP contribution in [0.25, 0.3) is 0 Å². The number of benzene rings is 2. The normalized spacial score (nSPS) is 11.9. The smallest absolute Gasteiger partial charge is 0.171 e. The van der Waals surface area contributed by atoms with Gasteiger partial charge < -0.3 is 20.3 Å². The standard InChI is InChI=1S/C20H27N3OS/c1-14-7-6-8-18(15(14)2)22-20(25)21-13-19(23(3)4)16-9-11-17(24-5)12-10-16/h6-12,19H,13H2,1-5H3,(H2,21,22,25)/p+1/t19-/m1/s1. The van der Waals surface area contributed by atoms with Gasteiger partial charge in [-0.25, -0.2) is 0 Å². The molecule has 2 rings (SSSR count). The van der Waals surface area contributed by atoms with Gasteiger partial charge in [-0.2, -0.15) is 0 Å². The zero-order valence-electron chi connectivity index (χ0n) is 15.6. The van der Waals surface area contributed by atoms with Gasteiger partial charge in [-0.1, -0.05) is 12.1 Å². The molecule has 0 bridgehead atoms. The Morgan fingerprint density at radius 3 is 2.40 bits per heavy atom. The lowest BCUT2D eigenvalue weighted by atomic mass is 10.1. The van der Waals surface area contributed by atoms with Crippen LogP contribution in [0.5, 0.6) is 5.75 Å². The molecule has 0 aliphatic carbocycles. The van der Waals surface area contributed by atoms with E-state index in [1.807, 2.05) is 18.2 Å². The summed E-state index contributed by atoms with van der Waals surface area (Å²) in [5.74, 6) is 0.872. The fourth-order valence-electron chi connectivity index (χ4n) is 2.74. The Morgan fingerprint density at radius 2 is 1.80 bits per heavy atom. The Balaban J connectivity index is 2.00. The van der Waals surface area contributed by atoms with E-state index in [0.29, 0.717) is 11.2 Å². The molecule has 0 unspecified atom stereocenters. The maximum Gasteiger partial charge on any atom is 0.171 e. The lowest BCUT2D eigenvalue weighted by molar-refractivity contribution is -0.890. The molecular formula is C20H28N3OS+. The van der Waals surface area contributed by atoms with Crippen molar-refractivity contribution in [3.8, 4) is 5.75 Å². The zero-order valence-corrected chi connectivity index (χ0v) is 16.5. The molecule has 0 aliphatic heterocycles. The first-order chi connectivity index (χ1) is 11.9. The topological polar surface area (TPSA) is 37.7 Å². The molecule has 2 aromatic rings. The minimum Gasteiger partial charge on any atom is -0.497 e. The molecule has 0 heterocycles. The predicted octanol–water partition coefficient (Wildman–Crippen LogP) is 2.48. The van der Waals surface area contributed by atoms with Gasteiger partial charge in [0.15, 0.2) is 5.11 Å². The van der Waals surface area contributed by atoms with Gasteiger partial charge >= 0.3 is 0 Å². The number of likely N-dealkylation sites (N-methyl/N-ethyl adjacent to an activating group) is 1. The van der Waals surface area contributed by atoms with Crippen LogP contribution in [0.1, 0.15) is 22.7 Å². The van der Waals surface area contributed by atoms with Crippen LogP contribution in [0, 0.1) is 13.8 Å². The van der Waals surface area contributed by atoms with Crippen molar-refractivity contribution in [2.75, 3.05) is 33.1 Å². The number of quaternary nitrogens is 1. The number of rotatable bonds is 6. The highest BCUT2D eigenvalue weighted by Gasteiger charge is 2.18. The Labute approximate surface area is 156 Å². The second-order valence-electron chi connectivity index (χ2n) is 6.49. The van der Waals surface area contributed by atoms with Crippen molar-refractivity contribution in [3.05, 3.63) is 59.2 Å². The Bertz CT molecular complexity index is 713. The van der Waals surface area contributed by atoms with Gasteiger partial charge in [-0.05, 0) is 67.5 Å². The lowest BCUT2D eigenvalue weighted by Crippen LogP contribution is -3.07. The number of methoxy groups -OCH3 is 1. The fourth-order valence-corrected chi connectivity index (χ4v) is 2.93. The van der Waals surface area contributed by atoms with Crippen molar-refractivity contribution < 1.29 is 9.64 Å². The number of hydrogen-bond donors (Lipinski definition) is 3. The van der Waals surface area contributed by atoms with Gasteiger partial charge in [-0.15, -0.1) is 0 Å². The quantitative estimate of drug-likeness (QED) is 0.694. The highest BCUT2D eigenvalue weighted by atomic mass is 32.1. The summed E-state index contributed by atoms with van der Waals surface area (Å²) in [5.41, 5.74) is 4.77. The summed E-state index contributed by atoms with van der Waals surface area (Å²) in [6.45, 7) is 4.96. The van der Waals surface area contributed by atoms with Gasteiger partial charge in [0, 0.05) is 11.3 Å². The maximum atomic E-state index is 5.48. The maximum absolute atomic E-state index is 5.48. The number of aryl methyl sites for hydroxylation is 1. The number of ether oxygens (including phenoxy) is 1. The van der Waals surface area contributed by atoms with E-state index in [4.69, 9.17) is 17.0 Å². The molecule has 3 N–H and O–H groups in total. The molecular weight excluding hydrogens is 330 g/mol. The van der Waals surface area contributed by atoms with Gasteiger partial charge in [-0.3, -0.25) is 0 Å². The third-order valence-corrected chi connectivity index (χ3v) is 4.78. The second kappa shape index (κ2) is 8.83. The minimum atomic E-state index is 0.296. The largest absolute Gasteiger partial charge is 0.497 e. The molecule has 134 valence electrons. The fraction of sp³-hybridized carbons (Fsp3) is 0.350. The van der Waals surface area contributed by atoms with Crippen LogP contribution in [-0.2, 0) is 0 Å². The van der Waals surface area contributed by atoms with Gasteiger partial charge in [0.05, 0.1) is 27.7 Å². The molecule has 25 heavy (non-hydrogen) atoms. The average Bonchev–Trinajstić information content (AvgIpc) is 2.59. The van der Waals surface area contributed by atoms with Gasteiger partial charge in [0.2, 0.25) is 0 Å². The zero-order chi connectivity index (χ0) is 18.4. The summed E-state index contributed by atoms with van der Waals surface area (Å²) in [4.78, 5) is 1.34. The molecule has 0 saturated carbocycles. The second-order valence-corrected chi connectivity index (χ2v) is 6.89. The van der Waals surface area contributed by atoms with Gasteiger partial charge in [0.25, 0.3) is 0 Å². The molecule has 1 atom stereocenters. The van der Waals surface area contributed by atoms with E-state index in [-0.39, 0.29) is 0 Å². The lowest BCUT2D eigenvalue weighted by Gasteiger charge is -2.23. The van der Waals surface area contributed by atoms with E-state index in [9.17, 15) is 0 Å². The summed E-state index contributed by atoms with van der Waals surface area (Å²) in [7, 11) is 5.98. The highest BCUT2D eigenvalue weighted by Crippen LogP contribution is 2.18. The van der Waals surface area contributed by atoms with Gasteiger partial charge in [0.1, 0.15) is 11.8 Å². The van der Waals surface area contributed by atoms with Crippen molar-refractivity contribution in [3.63, 3.8) is 0 Å². The van der Waals surface area contributed by atoms with Crippen LogP contribution in [0.2, 0.25) is 0 Å². The van der Waals surface area contributed by atoms with Crippen LogP contribution < -0.4 is 20.3 Å². The predicted molar refractivity (Wildman–Crippen MR) is 109 cm³/mol. The number of anilines is 1.